The van der Waals surface area contributed by atoms with Crippen molar-refractivity contribution in [3.8, 4) is 6.07 Å². The molecule has 2 aliphatic rings. The van der Waals surface area contributed by atoms with Crippen LogP contribution in [-0.2, 0) is 29.3 Å². The van der Waals surface area contributed by atoms with Crippen LogP contribution in [0.4, 0.5) is 0 Å². The van der Waals surface area contributed by atoms with Gasteiger partial charge in [-0.15, -0.1) is 0 Å². The molecule has 0 amide bonds. The van der Waals surface area contributed by atoms with E-state index >= 15 is 0 Å². The minimum Gasteiger partial charge on any atom is -0.365 e. The maximum Gasteiger partial charge on any atom is 0.164 e. The quantitative estimate of drug-likeness (QED) is 0.322. The number of carbonyl (C=O) groups excluding carboxylic acids is 1. The molecular weight excluding hydrogens is 466 g/mol. The SMILES string of the molecule is CC1(C)O[C@@H]2C(COC(c3ccccc3)(c3ccccc3)c3ccccc3)OC(C(C#N)C=O)[C@]2(C)O1. The van der Waals surface area contributed by atoms with Crippen LogP contribution in [0.25, 0.3) is 0 Å². The minimum atomic E-state index is -0.989. The highest BCUT2D eigenvalue weighted by atomic mass is 16.8. The number of nitriles is 1. The Kier molecular flexibility index (Phi) is 6.74. The van der Waals surface area contributed by atoms with Crippen molar-refractivity contribution >= 4 is 6.29 Å². The first-order chi connectivity index (χ1) is 17.8. The number of hydrogen-bond donors (Lipinski definition) is 0. The molecule has 0 aromatic heterocycles. The van der Waals surface area contributed by atoms with Crippen molar-refractivity contribution in [2.24, 2.45) is 5.92 Å². The zero-order chi connectivity index (χ0) is 26.1. The van der Waals surface area contributed by atoms with Gasteiger partial charge in [0.15, 0.2) is 5.79 Å². The number of benzene rings is 3. The van der Waals surface area contributed by atoms with Gasteiger partial charge in [-0.05, 0) is 37.5 Å². The van der Waals surface area contributed by atoms with Crippen molar-refractivity contribution in [3.05, 3.63) is 108 Å². The Morgan fingerprint density at radius 2 is 1.41 bits per heavy atom. The number of carbonyl (C=O) groups is 1. The fourth-order valence-electron chi connectivity index (χ4n) is 5.81. The molecule has 0 N–H and O–H groups in total. The lowest BCUT2D eigenvalue weighted by atomic mass is 9.80. The van der Waals surface area contributed by atoms with E-state index in [9.17, 15) is 10.1 Å². The van der Waals surface area contributed by atoms with Crippen LogP contribution in [0, 0.1) is 17.2 Å². The highest BCUT2D eigenvalue weighted by Gasteiger charge is 2.65. The minimum absolute atomic E-state index is 0.145. The Morgan fingerprint density at radius 1 is 0.919 bits per heavy atom. The molecule has 37 heavy (non-hydrogen) atoms. The summed E-state index contributed by atoms with van der Waals surface area (Å²) in [5.74, 6) is -1.88. The van der Waals surface area contributed by atoms with Gasteiger partial charge in [-0.1, -0.05) is 91.0 Å². The third-order valence-corrected chi connectivity index (χ3v) is 7.29. The van der Waals surface area contributed by atoms with Gasteiger partial charge in [0.25, 0.3) is 0 Å². The van der Waals surface area contributed by atoms with Gasteiger partial charge in [0.05, 0.1) is 12.7 Å². The van der Waals surface area contributed by atoms with Crippen LogP contribution in [-0.4, -0.2) is 42.6 Å². The summed E-state index contributed by atoms with van der Waals surface area (Å²) in [5.41, 5.74) is 0.994. The largest absolute Gasteiger partial charge is 0.365 e. The molecule has 5 atom stereocenters. The molecule has 5 rings (SSSR count). The topological polar surface area (TPSA) is 77.8 Å². The zero-order valence-electron chi connectivity index (χ0n) is 21.2. The number of fused-ring (bicyclic) bond motifs is 1. The second-order valence-electron chi connectivity index (χ2n) is 10.2. The van der Waals surface area contributed by atoms with Crippen LogP contribution in [0.3, 0.4) is 0 Å². The Hall–Kier alpha value is -3.34. The number of rotatable bonds is 8. The van der Waals surface area contributed by atoms with Gasteiger partial charge in [0.1, 0.15) is 41.7 Å². The summed E-state index contributed by atoms with van der Waals surface area (Å²) in [6.07, 6.45) is -1.26. The van der Waals surface area contributed by atoms with Gasteiger partial charge in [-0.25, -0.2) is 0 Å². The summed E-state index contributed by atoms with van der Waals surface area (Å²) < 4.78 is 25.8. The monoisotopic (exact) mass is 497 g/mol. The lowest BCUT2D eigenvalue weighted by Crippen LogP contribution is -2.47. The van der Waals surface area contributed by atoms with Crippen LogP contribution in [0.2, 0.25) is 0 Å². The average Bonchev–Trinajstić information content (AvgIpc) is 3.32. The van der Waals surface area contributed by atoms with E-state index in [4.69, 9.17) is 18.9 Å². The Labute approximate surface area is 217 Å². The van der Waals surface area contributed by atoms with Gasteiger partial charge in [-0.2, -0.15) is 5.26 Å². The standard InChI is InChI=1S/C31H31NO5/c1-29(2)36-28-26(35-27(22(19-32)20-33)30(28,3)37-29)21-34-31(23-13-7-4-8-14-23,24-15-9-5-10-16-24)25-17-11-6-12-18-25/h4-18,20,22,26-28H,21H2,1-3H3/t22?,26?,27?,28-,30+/m1/s1. The summed E-state index contributed by atoms with van der Waals surface area (Å²) in [6.45, 7) is 5.65. The molecule has 0 radical (unpaired) electrons. The molecule has 3 aromatic carbocycles. The van der Waals surface area contributed by atoms with Crippen molar-refractivity contribution in [1.29, 1.82) is 5.26 Å². The van der Waals surface area contributed by atoms with Crippen molar-refractivity contribution in [1.82, 2.24) is 0 Å². The Morgan fingerprint density at radius 3 is 1.84 bits per heavy atom. The Bertz CT molecular complexity index is 1160. The summed E-state index contributed by atoms with van der Waals surface area (Å²) in [5, 5.41) is 9.65. The molecular formula is C31H31NO5. The van der Waals surface area contributed by atoms with E-state index in [1.165, 1.54) is 0 Å². The van der Waals surface area contributed by atoms with Gasteiger partial charge >= 0.3 is 0 Å². The molecule has 0 aliphatic carbocycles. The molecule has 3 unspecified atom stereocenters. The molecule has 0 bridgehead atoms. The van der Waals surface area contributed by atoms with E-state index < -0.39 is 41.2 Å². The van der Waals surface area contributed by atoms with Crippen LogP contribution < -0.4 is 0 Å². The van der Waals surface area contributed by atoms with E-state index in [0.717, 1.165) is 16.7 Å². The molecule has 6 heteroatoms. The van der Waals surface area contributed by atoms with Crippen LogP contribution in [0.1, 0.15) is 37.5 Å². The maximum absolute atomic E-state index is 11.8. The van der Waals surface area contributed by atoms with Crippen molar-refractivity contribution in [3.63, 3.8) is 0 Å². The maximum atomic E-state index is 11.8. The molecule has 0 saturated carbocycles. The average molecular weight is 498 g/mol. The van der Waals surface area contributed by atoms with E-state index in [-0.39, 0.29) is 6.61 Å². The molecule has 2 aliphatic heterocycles. The summed E-state index contributed by atoms with van der Waals surface area (Å²) in [4.78, 5) is 11.8. The second kappa shape index (κ2) is 9.85. The first-order valence-electron chi connectivity index (χ1n) is 12.5. The van der Waals surface area contributed by atoms with E-state index in [2.05, 4.69) is 42.5 Å². The molecule has 2 heterocycles. The summed E-state index contributed by atoms with van der Waals surface area (Å²) in [6, 6.07) is 32.3. The van der Waals surface area contributed by atoms with E-state index in [1.807, 2.05) is 75.4 Å². The Balaban J connectivity index is 1.57. The van der Waals surface area contributed by atoms with Crippen LogP contribution >= 0.6 is 0 Å². The lowest BCUT2D eigenvalue weighted by Gasteiger charge is -2.37. The highest BCUT2D eigenvalue weighted by molar-refractivity contribution is 5.59. The van der Waals surface area contributed by atoms with Crippen molar-refractivity contribution < 1.29 is 23.7 Å². The van der Waals surface area contributed by atoms with E-state index in [1.54, 1.807) is 0 Å². The number of ether oxygens (including phenoxy) is 4. The molecule has 2 saturated heterocycles. The fourth-order valence-corrected chi connectivity index (χ4v) is 5.81. The third-order valence-electron chi connectivity index (χ3n) is 7.29. The first-order valence-corrected chi connectivity index (χ1v) is 12.5. The number of aldehydes is 1. The normalized spacial score (nSPS) is 27.2. The number of hydrogen-bond acceptors (Lipinski definition) is 6. The summed E-state index contributed by atoms with van der Waals surface area (Å²) >= 11 is 0. The highest BCUT2D eigenvalue weighted by Crippen LogP contribution is 2.49. The first kappa shape index (κ1) is 25.3. The molecule has 2 fully saturated rings. The smallest absolute Gasteiger partial charge is 0.164 e. The molecule has 6 nitrogen and oxygen atoms in total. The van der Waals surface area contributed by atoms with Gasteiger partial charge in [0.2, 0.25) is 0 Å². The van der Waals surface area contributed by atoms with Crippen molar-refractivity contribution in [2.45, 2.75) is 56.1 Å². The predicted octanol–water partition coefficient (Wildman–Crippen LogP) is 5.01. The zero-order valence-corrected chi connectivity index (χ0v) is 21.2. The third kappa shape index (κ3) is 4.39. The van der Waals surface area contributed by atoms with Crippen LogP contribution in [0.5, 0.6) is 0 Å². The van der Waals surface area contributed by atoms with Gasteiger partial charge in [0, 0.05) is 0 Å². The summed E-state index contributed by atoms with van der Waals surface area (Å²) in [7, 11) is 0. The van der Waals surface area contributed by atoms with Gasteiger partial charge < -0.3 is 23.7 Å². The van der Waals surface area contributed by atoms with E-state index in [0.29, 0.717) is 6.29 Å². The molecule has 190 valence electrons. The van der Waals surface area contributed by atoms with Crippen LogP contribution in [0.15, 0.2) is 91.0 Å². The fraction of sp³-hybridized carbons (Fsp3) is 0.355. The predicted molar refractivity (Wildman–Crippen MR) is 137 cm³/mol. The second-order valence-corrected chi connectivity index (χ2v) is 10.2. The molecule has 0 spiro atoms. The lowest BCUT2D eigenvalue weighted by molar-refractivity contribution is -0.212. The van der Waals surface area contributed by atoms with Gasteiger partial charge in [-0.3, -0.25) is 0 Å². The molecule has 3 aromatic rings. The number of nitrogens with zero attached hydrogens (tertiary/aromatic N) is 1. The van der Waals surface area contributed by atoms with Crippen molar-refractivity contribution in [2.75, 3.05) is 6.61 Å².